The molecule has 0 atom stereocenters. The molecule has 0 saturated heterocycles. The molecule has 0 aliphatic carbocycles. The van der Waals surface area contributed by atoms with Gasteiger partial charge in [-0.3, -0.25) is 10.1 Å². The van der Waals surface area contributed by atoms with E-state index in [2.05, 4.69) is 15.9 Å². The number of hydrogen-bond acceptors (Lipinski definition) is 3. The van der Waals surface area contributed by atoms with Gasteiger partial charge < -0.3 is 4.74 Å². The van der Waals surface area contributed by atoms with E-state index < -0.39 is 16.6 Å². The van der Waals surface area contributed by atoms with E-state index in [9.17, 15) is 18.9 Å². The Labute approximate surface area is 121 Å². The molecular formula is C13H8BrF2NO3. The highest BCUT2D eigenvalue weighted by atomic mass is 79.9. The van der Waals surface area contributed by atoms with E-state index in [1.165, 1.54) is 12.1 Å². The first-order valence-corrected chi connectivity index (χ1v) is 6.27. The smallest absolute Gasteiger partial charge is 0.311 e. The Hall–Kier alpha value is -2.02. The minimum Gasteiger partial charge on any atom is -0.482 e. The number of ether oxygens (including phenoxy) is 1. The van der Waals surface area contributed by atoms with Crippen LogP contribution in [0, 0.1) is 21.7 Å². The van der Waals surface area contributed by atoms with E-state index in [4.69, 9.17) is 4.74 Å². The Bertz CT molecular complexity index is 664. The lowest BCUT2D eigenvalue weighted by Crippen LogP contribution is -2.01. The van der Waals surface area contributed by atoms with Gasteiger partial charge in [-0.2, -0.15) is 0 Å². The summed E-state index contributed by atoms with van der Waals surface area (Å²) in [5, 5.41) is 10.8. The molecule has 0 radical (unpaired) electrons. The Morgan fingerprint density at radius 1 is 1.20 bits per heavy atom. The van der Waals surface area contributed by atoms with Crippen LogP contribution < -0.4 is 4.74 Å². The van der Waals surface area contributed by atoms with E-state index in [-0.39, 0.29) is 23.6 Å². The van der Waals surface area contributed by atoms with E-state index in [1.54, 1.807) is 6.07 Å². The predicted molar refractivity (Wildman–Crippen MR) is 71.5 cm³/mol. The van der Waals surface area contributed by atoms with Gasteiger partial charge in [0.15, 0.2) is 5.75 Å². The maximum atomic E-state index is 13.6. The summed E-state index contributed by atoms with van der Waals surface area (Å²) in [5.74, 6) is -1.42. The molecule has 2 rings (SSSR count). The topological polar surface area (TPSA) is 52.4 Å². The van der Waals surface area contributed by atoms with Crippen LogP contribution in [0.4, 0.5) is 14.5 Å². The maximum absolute atomic E-state index is 13.6. The summed E-state index contributed by atoms with van der Waals surface area (Å²) in [6.45, 7) is -0.233. The quantitative estimate of drug-likeness (QED) is 0.617. The summed E-state index contributed by atoms with van der Waals surface area (Å²) in [6.07, 6.45) is 0. The summed E-state index contributed by atoms with van der Waals surface area (Å²) in [4.78, 5) is 10.1. The number of nitro benzene ring substituents is 1. The maximum Gasteiger partial charge on any atom is 0.311 e. The molecule has 4 nitrogen and oxygen atoms in total. The lowest BCUT2D eigenvalue weighted by atomic mass is 10.2. The molecule has 0 saturated carbocycles. The Morgan fingerprint density at radius 2 is 1.95 bits per heavy atom. The Kier molecular flexibility index (Phi) is 4.29. The van der Waals surface area contributed by atoms with Crippen molar-refractivity contribution < 1.29 is 18.4 Å². The van der Waals surface area contributed by atoms with E-state index in [0.29, 0.717) is 4.47 Å². The van der Waals surface area contributed by atoms with Crippen LogP contribution in [0.1, 0.15) is 5.56 Å². The molecule has 7 heteroatoms. The van der Waals surface area contributed by atoms with Crippen LogP contribution in [0.15, 0.2) is 40.9 Å². The zero-order chi connectivity index (χ0) is 14.7. The molecule has 2 aromatic rings. The molecule has 20 heavy (non-hydrogen) atoms. The van der Waals surface area contributed by atoms with Gasteiger partial charge in [0.25, 0.3) is 0 Å². The van der Waals surface area contributed by atoms with Crippen LogP contribution in [0.25, 0.3) is 0 Å². The van der Waals surface area contributed by atoms with Crippen molar-refractivity contribution in [3.8, 4) is 5.75 Å². The van der Waals surface area contributed by atoms with Gasteiger partial charge in [-0.05, 0) is 18.2 Å². The average molecular weight is 344 g/mol. The van der Waals surface area contributed by atoms with Gasteiger partial charge in [-0.25, -0.2) is 8.78 Å². The lowest BCUT2D eigenvalue weighted by Gasteiger charge is -2.08. The van der Waals surface area contributed by atoms with E-state index in [0.717, 1.165) is 18.2 Å². The van der Waals surface area contributed by atoms with Gasteiger partial charge in [0.05, 0.1) is 4.92 Å². The van der Waals surface area contributed by atoms with Crippen LogP contribution in [0.2, 0.25) is 0 Å². The van der Waals surface area contributed by atoms with Gasteiger partial charge in [-0.15, -0.1) is 0 Å². The fourth-order valence-electron chi connectivity index (χ4n) is 1.55. The highest BCUT2D eigenvalue weighted by molar-refractivity contribution is 9.10. The number of halogens is 3. The summed E-state index contributed by atoms with van der Waals surface area (Å²) >= 11 is 3.11. The second-order valence-electron chi connectivity index (χ2n) is 3.89. The monoisotopic (exact) mass is 343 g/mol. The number of rotatable bonds is 4. The summed E-state index contributed by atoms with van der Waals surface area (Å²) < 4.78 is 32.4. The Morgan fingerprint density at radius 3 is 2.60 bits per heavy atom. The van der Waals surface area contributed by atoms with Crippen molar-refractivity contribution in [2.24, 2.45) is 0 Å². The van der Waals surface area contributed by atoms with Crippen LogP contribution in [0.3, 0.4) is 0 Å². The van der Waals surface area contributed by atoms with Crippen molar-refractivity contribution in [3.63, 3.8) is 0 Å². The largest absolute Gasteiger partial charge is 0.482 e. The third-order valence-electron chi connectivity index (χ3n) is 2.52. The standard InChI is InChI=1S/C13H8BrF2NO3/c14-9-2-1-8(11(16)5-9)7-20-13-6-10(15)3-4-12(13)17(18)19/h1-6H,7H2. The van der Waals surface area contributed by atoms with Gasteiger partial charge in [0.1, 0.15) is 18.2 Å². The molecule has 0 heterocycles. The van der Waals surface area contributed by atoms with Crippen molar-refractivity contribution in [3.05, 3.63) is 68.2 Å². The molecule has 0 bridgehead atoms. The summed E-state index contributed by atoms with van der Waals surface area (Å²) in [5.41, 5.74) is -0.157. The molecule has 0 aliphatic rings. The lowest BCUT2D eigenvalue weighted by molar-refractivity contribution is -0.386. The molecule has 0 amide bonds. The molecular weight excluding hydrogens is 336 g/mol. The minimum atomic E-state index is -0.688. The van der Waals surface area contributed by atoms with Crippen LogP contribution in [-0.2, 0) is 6.61 Å². The van der Waals surface area contributed by atoms with E-state index >= 15 is 0 Å². The highest BCUT2D eigenvalue weighted by Crippen LogP contribution is 2.28. The van der Waals surface area contributed by atoms with Crippen LogP contribution in [0.5, 0.6) is 5.75 Å². The normalized spacial score (nSPS) is 10.3. The molecule has 0 aromatic heterocycles. The fraction of sp³-hybridized carbons (Fsp3) is 0.0769. The second-order valence-corrected chi connectivity index (χ2v) is 4.81. The van der Waals surface area contributed by atoms with Gasteiger partial charge in [-0.1, -0.05) is 22.0 Å². The van der Waals surface area contributed by atoms with Crippen molar-refractivity contribution in [2.45, 2.75) is 6.61 Å². The minimum absolute atomic E-state index is 0.215. The molecule has 0 aliphatic heterocycles. The molecule has 0 unspecified atom stereocenters. The van der Waals surface area contributed by atoms with Crippen LogP contribution in [-0.4, -0.2) is 4.92 Å². The zero-order valence-electron chi connectivity index (χ0n) is 9.98. The molecule has 0 N–H and O–H groups in total. The number of nitrogens with zero attached hydrogens (tertiary/aromatic N) is 1. The number of hydrogen-bond donors (Lipinski definition) is 0. The average Bonchev–Trinajstić information content (AvgIpc) is 2.37. The molecule has 2 aromatic carbocycles. The predicted octanol–water partition coefficient (Wildman–Crippen LogP) is 4.21. The third kappa shape index (κ3) is 3.30. The fourth-order valence-corrected chi connectivity index (χ4v) is 1.88. The van der Waals surface area contributed by atoms with Gasteiger partial charge in [0, 0.05) is 22.2 Å². The van der Waals surface area contributed by atoms with Crippen molar-refractivity contribution in [2.75, 3.05) is 0 Å². The first kappa shape index (κ1) is 14.4. The van der Waals surface area contributed by atoms with Crippen LogP contribution >= 0.6 is 15.9 Å². The SMILES string of the molecule is O=[N+]([O-])c1ccc(F)cc1OCc1ccc(Br)cc1F. The first-order chi connectivity index (χ1) is 9.47. The van der Waals surface area contributed by atoms with Crippen molar-refractivity contribution in [1.29, 1.82) is 0 Å². The zero-order valence-corrected chi connectivity index (χ0v) is 11.6. The molecule has 0 fully saturated rings. The highest BCUT2D eigenvalue weighted by Gasteiger charge is 2.16. The van der Waals surface area contributed by atoms with Gasteiger partial charge >= 0.3 is 5.69 Å². The van der Waals surface area contributed by atoms with Gasteiger partial charge in [0.2, 0.25) is 0 Å². The number of nitro groups is 1. The Balaban J connectivity index is 2.22. The summed E-state index contributed by atoms with van der Waals surface area (Å²) in [6, 6.07) is 7.20. The first-order valence-electron chi connectivity index (χ1n) is 5.48. The second kappa shape index (κ2) is 5.96. The summed E-state index contributed by atoms with van der Waals surface area (Å²) in [7, 11) is 0. The number of benzene rings is 2. The molecule has 104 valence electrons. The third-order valence-corrected chi connectivity index (χ3v) is 3.01. The van der Waals surface area contributed by atoms with E-state index in [1.807, 2.05) is 0 Å². The van der Waals surface area contributed by atoms with Crippen molar-refractivity contribution >= 4 is 21.6 Å². The molecule has 0 spiro atoms. The van der Waals surface area contributed by atoms with Crippen molar-refractivity contribution in [1.82, 2.24) is 0 Å².